The molecule has 130 valence electrons. The van der Waals surface area contributed by atoms with Crippen LogP contribution in [0.4, 0.5) is 21.5 Å². The minimum atomic E-state index is -1.05. The Labute approximate surface area is 135 Å². The fourth-order valence-electron chi connectivity index (χ4n) is 2.86. The number of nitrogens with one attached hydrogen (secondary N) is 1. The lowest BCUT2D eigenvalue weighted by molar-refractivity contribution is -0.394. The average molecular weight is 341 g/mol. The molecule has 1 heterocycles. The molecular weight excluding hydrogens is 325 g/mol. The third-order valence-electron chi connectivity index (χ3n) is 4.32. The summed E-state index contributed by atoms with van der Waals surface area (Å²) in [4.78, 5) is 33.2. The maximum atomic E-state index is 14.3. The standard InChI is InChI=1S/C13H16FN5O5/c1-16-13(12(15)20)2-4-17(5-3-13)11-9(14)6-8(18(21)22)7-10(11)19(23)24/h6-7,16H,2-5H2,1H3,(H2,15,20). The lowest BCUT2D eigenvalue weighted by Crippen LogP contribution is -2.59. The van der Waals surface area contributed by atoms with Gasteiger partial charge in [0.25, 0.3) is 5.69 Å². The number of halogens is 1. The molecule has 0 spiro atoms. The number of piperidine rings is 1. The van der Waals surface area contributed by atoms with E-state index >= 15 is 0 Å². The van der Waals surface area contributed by atoms with Crippen molar-refractivity contribution in [1.82, 2.24) is 5.32 Å². The summed E-state index contributed by atoms with van der Waals surface area (Å²) >= 11 is 0. The topological polar surface area (TPSA) is 145 Å². The predicted molar refractivity (Wildman–Crippen MR) is 82.1 cm³/mol. The predicted octanol–water partition coefficient (Wildman–Crippen LogP) is 0.686. The lowest BCUT2D eigenvalue weighted by atomic mass is 9.86. The van der Waals surface area contributed by atoms with Crippen LogP contribution < -0.4 is 16.0 Å². The number of carbonyl (C=O) groups excluding carboxylic acids is 1. The van der Waals surface area contributed by atoms with Gasteiger partial charge in [0.2, 0.25) is 5.91 Å². The van der Waals surface area contributed by atoms with Crippen molar-refractivity contribution in [2.45, 2.75) is 18.4 Å². The zero-order chi connectivity index (χ0) is 18.1. The van der Waals surface area contributed by atoms with E-state index in [9.17, 15) is 29.4 Å². The van der Waals surface area contributed by atoms with Crippen LogP contribution >= 0.6 is 0 Å². The molecule has 0 aromatic heterocycles. The molecule has 1 aromatic rings. The summed E-state index contributed by atoms with van der Waals surface area (Å²) < 4.78 is 14.3. The van der Waals surface area contributed by atoms with Crippen molar-refractivity contribution < 1.29 is 19.0 Å². The minimum absolute atomic E-state index is 0.138. The molecule has 1 saturated heterocycles. The number of nitro groups is 2. The second-order valence-corrected chi connectivity index (χ2v) is 5.49. The number of nitrogens with zero attached hydrogens (tertiary/aromatic N) is 3. The van der Waals surface area contributed by atoms with Crippen LogP contribution in [0.15, 0.2) is 12.1 Å². The molecule has 0 saturated carbocycles. The van der Waals surface area contributed by atoms with Crippen LogP contribution in [0.1, 0.15) is 12.8 Å². The monoisotopic (exact) mass is 341 g/mol. The van der Waals surface area contributed by atoms with Gasteiger partial charge in [-0.3, -0.25) is 25.0 Å². The van der Waals surface area contributed by atoms with Crippen molar-refractivity contribution in [3.8, 4) is 0 Å². The van der Waals surface area contributed by atoms with Gasteiger partial charge in [0.15, 0.2) is 11.5 Å². The second-order valence-electron chi connectivity index (χ2n) is 5.49. The van der Waals surface area contributed by atoms with Gasteiger partial charge >= 0.3 is 5.69 Å². The summed E-state index contributed by atoms with van der Waals surface area (Å²) in [5.41, 5.74) is 2.73. The van der Waals surface area contributed by atoms with Gasteiger partial charge in [-0.1, -0.05) is 0 Å². The van der Waals surface area contributed by atoms with Gasteiger partial charge in [-0.2, -0.15) is 0 Å². The molecule has 24 heavy (non-hydrogen) atoms. The number of likely N-dealkylation sites (N-methyl/N-ethyl adjacent to an activating group) is 1. The summed E-state index contributed by atoms with van der Waals surface area (Å²) in [5, 5.41) is 24.8. The molecule has 1 amide bonds. The highest BCUT2D eigenvalue weighted by atomic mass is 19.1. The van der Waals surface area contributed by atoms with E-state index < -0.39 is 38.5 Å². The molecule has 2 rings (SSSR count). The SMILES string of the molecule is CNC1(C(N)=O)CCN(c2c(F)cc([N+](=O)[O-])cc2[N+](=O)[O-])CC1. The van der Waals surface area contributed by atoms with Gasteiger partial charge in [0, 0.05) is 13.1 Å². The summed E-state index contributed by atoms with van der Waals surface area (Å²) in [5.74, 6) is -1.60. The number of nitro benzene ring substituents is 2. The Balaban J connectivity index is 2.38. The van der Waals surface area contributed by atoms with Gasteiger partial charge in [0.1, 0.15) is 5.54 Å². The molecule has 0 atom stereocenters. The largest absolute Gasteiger partial charge is 0.368 e. The van der Waals surface area contributed by atoms with Gasteiger partial charge in [-0.25, -0.2) is 4.39 Å². The average Bonchev–Trinajstić information content (AvgIpc) is 2.53. The molecular formula is C13H16FN5O5. The zero-order valence-electron chi connectivity index (χ0n) is 12.8. The maximum Gasteiger partial charge on any atom is 0.302 e. The highest BCUT2D eigenvalue weighted by molar-refractivity contribution is 5.85. The normalized spacial score (nSPS) is 16.7. The van der Waals surface area contributed by atoms with Crippen LogP contribution in [0, 0.1) is 26.0 Å². The second kappa shape index (κ2) is 6.35. The van der Waals surface area contributed by atoms with Gasteiger partial charge in [0.05, 0.1) is 22.0 Å². The summed E-state index contributed by atoms with van der Waals surface area (Å²) in [6.45, 7) is 0.276. The van der Waals surface area contributed by atoms with Gasteiger partial charge in [-0.05, 0) is 19.9 Å². The molecule has 0 radical (unpaired) electrons. The molecule has 1 aliphatic rings. The fourth-order valence-corrected chi connectivity index (χ4v) is 2.86. The van der Waals surface area contributed by atoms with Gasteiger partial charge in [-0.15, -0.1) is 0 Å². The summed E-state index contributed by atoms with van der Waals surface area (Å²) in [7, 11) is 1.58. The Kier molecular flexibility index (Phi) is 4.64. The quantitative estimate of drug-likeness (QED) is 0.592. The van der Waals surface area contributed by atoms with Gasteiger partial charge < -0.3 is 16.0 Å². The highest BCUT2D eigenvalue weighted by Gasteiger charge is 2.40. The number of non-ortho nitro benzene ring substituents is 1. The first kappa shape index (κ1) is 17.5. The molecule has 0 aliphatic carbocycles. The van der Waals surface area contributed by atoms with Crippen molar-refractivity contribution in [3.05, 3.63) is 38.2 Å². The zero-order valence-corrected chi connectivity index (χ0v) is 12.8. The first-order valence-corrected chi connectivity index (χ1v) is 7.08. The van der Waals surface area contributed by atoms with Crippen LogP contribution in [-0.2, 0) is 4.79 Å². The van der Waals surface area contributed by atoms with E-state index in [1.54, 1.807) is 7.05 Å². The molecule has 10 nitrogen and oxygen atoms in total. The maximum absolute atomic E-state index is 14.3. The van der Waals surface area contributed by atoms with E-state index in [2.05, 4.69) is 5.32 Å². The highest BCUT2D eigenvalue weighted by Crippen LogP contribution is 2.37. The number of primary amides is 1. The number of nitrogens with two attached hydrogens (primary N) is 1. The molecule has 11 heteroatoms. The smallest absolute Gasteiger partial charge is 0.302 e. The molecule has 0 bridgehead atoms. The summed E-state index contributed by atoms with van der Waals surface area (Å²) in [6, 6.07) is 1.38. The van der Waals surface area contributed by atoms with E-state index in [4.69, 9.17) is 5.73 Å². The molecule has 1 aliphatic heterocycles. The van der Waals surface area contributed by atoms with E-state index in [-0.39, 0.29) is 31.6 Å². The number of benzene rings is 1. The summed E-state index contributed by atoms with van der Waals surface area (Å²) in [6.07, 6.45) is 0.457. The van der Waals surface area contributed by atoms with E-state index in [0.717, 1.165) is 6.07 Å². The third kappa shape index (κ3) is 2.97. The van der Waals surface area contributed by atoms with E-state index in [1.807, 2.05) is 0 Å². The Morgan fingerprint density at radius 1 is 1.29 bits per heavy atom. The number of carbonyl (C=O) groups is 1. The number of hydrogen-bond acceptors (Lipinski definition) is 7. The van der Waals surface area contributed by atoms with Crippen LogP contribution in [0.3, 0.4) is 0 Å². The van der Waals surface area contributed by atoms with E-state index in [1.165, 1.54) is 4.90 Å². The number of rotatable bonds is 5. The Morgan fingerprint density at radius 3 is 2.29 bits per heavy atom. The number of hydrogen-bond donors (Lipinski definition) is 2. The third-order valence-corrected chi connectivity index (χ3v) is 4.32. The first-order valence-electron chi connectivity index (χ1n) is 7.08. The Morgan fingerprint density at radius 2 is 1.88 bits per heavy atom. The minimum Gasteiger partial charge on any atom is -0.368 e. The van der Waals surface area contributed by atoms with E-state index in [0.29, 0.717) is 6.07 Å². The van der Waals surface area contributed by atoms with Crippen molar-refractivity contribution >= 4 is 23.0 Å². The Bertz CT molecular complexity index is 702. The van der Waals surface area contributed by atoms with Crippen molar-refractivity contribution in [1.29, 1.82) is 0 Å². The van der Waals surface area contributed by atoms with Crippen LogP contribution in [0.2, 0.25) is 0 Å². The van der Waals surface area contributed by atoms with Crippen molar-refractivity contribution in [2.75, 3.05) is 25.0 Å². The molecule has 0 unspecified atom stereocenters. The van der Waals surface area contributed by atoms with Crippen molar-refractivity contribution in [2.24, 2.45) is 5.73 Å². The lowest BCUT2D eigenvalue weighted by Gasteiger charge is -2.40. The van der Waals surface area contributed by atoms with Crippen molar-refractivity contribution in [3.63, 3.8) is 0 Å². The van der Waals surface area contributed by atoms with Crippen LogP contribution in [-0.4, -0.2) is 41.4 Å². The molecule has 1 fully saturated rings. The Hall–Kier alpha value is -2.82. The number of anilines is 1. The van der Waals surface area contributed by atoms with Crippen LogP contribution in [0.5, 0.6) is 0 Å². The first-order chi connectivity index (χ1) is 11.2. The molecule has 3 N–H and O–H groups in total. The fraction of sp³-hybridized carbons (Fsp3) is 0.462. The van der Waals surface area contributed by atoms with Crippen LogP contribution in [0.25, 0.3) is 0 Å². The molecule has 1 aromatic carbocycles. The number of amides is 1.